The lowest BCUT2D eigenvalue weighted by Crippen LogP contribution is -2.03. The van der Waals surface area contributed by atoms with E-state index in [2.05, 4.69) is 13.8 Å². The van der Waals surface area contributed by atoms with Crippen LogP contribution in [0, 0.1) is 12.8 Å². The summed E-state index contributed by atoms with van der Waals surface area (Å²) in [5, 5.41) is 0. The molecule has 0 saturated heterocycles. The van der Waals surface area contributed by atoms with Gasteiger partial charge in [0.25, 0.3) is 0 Å². The number of anilines is 1. The second kappa shape index (κ2) is 5.31. The molecule has 84 valence electrons. The summed E-state index contributed by atoms with van der Waals surface area (Å²) in [4.78, 5) is 0.921. The SMILES string of the molecule is Cc1cc(N)ccc1S(=O)CCC(C)C. The van der Waals surface area contributed by atoms with Crippen molar-refractivity contribution in [2.24, 2.45) is 5.92 Å². The molecule has 1 atom stereocenters. The molecular formula is C12H19NOS. The summed E-state index contributed by atoms with van der Waals surface area (Å²) in [5.74, 6) is 1.34. The van der Waals surface area contributed by atoms with Gasteiger partial charge in [-0.05, 0) is 43.0 Å². The van der Waals surface area contributed by atoms with Gasteiger partial charge >= 0.3 is 0 Å². The summed E-state index contributed by atoms with van der Waals surface area (Å²) in [7, 11) is -0.879. The maximum Gasteiger partial charge on any atom is 0.0532 e. The minimum atomic E-state index is -0.879. The first-order valence-electron chi connectivity index (χ1n) is 5.25. The average Bonchev–Trinajstić information content (AvgIpc) is 2.14. The number of nitrogen functional groups attached to an aromatic ring is 1. The maximum absolute atomic E-state index is 12.0. The fraction of sp³-hybridized carbons (Fsp3) is 0.500. The number of hydrogen-bond acceptors (Lipinski definition) is 2. The Bertz CT molecular complexity index is 361. The van der Waals surface area contributed by atoms with Gasteiger partial charge < -0.3 is 5.73 Å². The Kier molecular flexibility index (Phi) is 4.33. The number of rotatable bonds is 4. The Hall–Kier alpha value is -0.830. The average molecular weight is 225 g/mol. The summed E-state index contributed by atoms with van der Waals surface area (Å²) in [6.07, 6.45) is 0.996. The molecule has 0 saturated carbocycles. The molecule has 3 heteroatoms. The van der Waals surface area contributed by atoms with Gasteiger partial charge in [-0.2, -0.15) is 0 Å². The van der Waals surface area contributed by atoms with E-state index in [0.717, 1.165) is 28.3 Å². The van der Waals surface area contributed by atoms with Crippen LogP contribution in [-0.2, 0) is 10.8 Å². The molecule has 1 aromatic rings. The van der Waals surface area contributed by atoms with Crippen LogP contribution in [0.3, 0.4) is 0 Å². The van der Waals surface area contributed by atoms with E-state index < -0.39 is 10.8 Å². The molecule has 0 amide bonds. The van der Waals surface area contributed by atoms with Crippen LogP contribution in [-0.4, -0.2) is 9.96 Å². The molecule has 0 heterocycles. The Morgan fingerprint density at radius 3 is 2.60 bits per heavy atom. The van der Waals surface area contributed by atoms with Crippen LogP contribution >= 0.6 is 0 Å². The minimum absolute atomic E-state index is 0.600. The highest BCUT2D eigenvalue weighted by Gasteiger charge is 2.08. The van der Waals surface area contributed by atoms with Crippen molar-refractivity contribution in [2.75, 3.05) is 11.5 Å². The monoisotopic (exact) mass is 225 g/mol. The van der Waals surface area contributed by atoms with Gasteiger partial charge in [0.1, 0.15) is 0 Å². The summed E-state index contributed by atoms with van der Waals surface area (Å²) in [5.41, 5.74) is 7.41. The van der Waals surface area contributed by atoms with Crippen LogP contribution in [0.25, 0.3) is 0 Å². The second-order valence-corrected chi connectivity index (χ2v) is 5.80. The number of hydrogen-bond donors (Lipinski definition) is 1. The summed E-state index contributed by atoms with van der Waals surface area (Å²) in [6, 6.07) is 5.57. The predicted octanol–water partition coefficient (Wildman–Crippen LogP) is 2.73. The first kappa shape index (κ1) is 12.2. The molecule has 1 unspecified atom stereocenters. The normalized spacial score (nSPS) is 13.1. The Balaban J connectivity index is 2.74. The molecular weight excluding hydrogens is 206 g/mol. The van der Waals surface area contributed by atoms with Crippen LogP contribution in [0.2, 0.25) is 0 Å². The fourth-order valence-corrected chi connectivity index (χ4v) is 2.92. The van der Waals surface area contributed by atoms with E-state index in [1.54, 1.807) is 0 Å². The lowest BCUT2D eigenvalue weighted by molar-refractivity contribution is 0.619. The molecule has 0 aliphatic heterocycles. The molecule has 0 aliphatic rings. The van der Waals surface area contributed by atoms with Crippen LogP contribution in [0.1, 0.15) is 25.8 Å². The van der Waals surface area contributed by atoms with Gasteiger partial charge in [0.2, 0.25) is 0 Å². The van der Waals surface area contributed by atoms with Crippen molar-refractivity contribution in [3.05, 3.63) is 23.8 Å². The van der Waals surface area contributed by atoms with Gasteiger partial charge in [-0.25, -0.2) is 0 Å². The van der Waals surface area contributed by atoms with Crippen molar-refractivity contribution >= 4 is 16.5 Å². The van der Waals surface area contributed by atoms with Gasteiger partial charge in [0.15, 0.2) is 0 Å². The smallest absolute Gasteiger partial charge is 0.0532 e. The van der Waals surface area contributed by atoms with Crippen molar-refractivity contribution in [1.29, 1.82) is 0 Å². The molecule has 2 N–H and O–H groups in total. The predicted molar refractivity (Wildman–Crippen MR) is 66.3 cm³/mol. The van der Waals surface area contributed by atoms with E-state index in [1.165, 1.54) is 0 Å². The third-order valence-corrected chi connectivity index (χ3v) is 3.88. The molecule has 0 aromatic heterocycles. The number of aryl methyl sites for hydroxylation is 1. The first-order valence-corrected chi connectivity index (χ1v) is 6.57. The molecule has 0 radical (unpaired) electrons. The van der Waals surface area contributed by atoms with E-state index >= 15 is 0 Å². The summed E-state index contributed by atoms with van der Waals surface area (Å²) in [6.45, 7) is 6.25. The zero-order valence-corrected chi connectivity index (χ0v) is 10.4. The lowest BCUT2D eigenvalue weighted by Gasteiger charge is -2.08. The van der Waals surface area contributed by atoms with Crippen molar-refractivity contribution in [1.82, 2.24) is 0 Å². The van der Waals surface area contributed by atoms with Crippen LogP contribution in [0.4, 0.5) is 5.69 Å². The Morgan fingerprint density at radius 1 is 1.40 bits per heavy atom. The quantitative estimate of drug-likeness (QED) is 0.801. The van der Waals surface area contributed by atoms with Gasteiger partial charge in [-0.3, -0.25) is 4.21 Å². The van der Waals surface area contributed by atoms with E-state index in [0.29, 0.717) is 5.92 Å². The van der Waals surface area contributed by atoms with E-state index in [9.17, 15) is 4.21 Å². The van der Waals surface area contributed by atoms with E-state index in [4.69, 9.17) is 5.73 Å². The third kappa shape index (κ3) is 3.67. The van der Waals surface area contributed by atoms with Gasteiger partial charge in [0, 0.05) is 16.3 Å². The molecule has 2 nitrogen and oxygen atoms in total. The van der Waals surface area contributed by atoms with Gasteiger partial charge in [-0.15, -0.1) is 0 Å². The lowest BCUT2D eigenvalue weighted by atomic mass is 10.2. The van der Waals surface area contributed by atoms with Crippen molar-refractivity contribution in [2.45, 2.75) is 32.1 Å². The zero-order valence-electron chi connectivity index (χ0n) is 9.62. The summed E-state index contributed by atoms with van der Waals surface area (Å²) < 4.78 is 12.0. The minimum Gasteiger partial charge on any atom is -0.399 e. The molecule has 0 spiro atoms. The molecule has 0 fully saturated rings. The molecule has 15 heavy (non-hydrogen) atoms. The second-order valence-electron chi connectivity index (χ2n) is 4.26. The first-order chi connectivity index (χ1) is 7.00. The summed E-state index contributed by atoms with van der Waals surface area (Å²) >= 11 is 0. The van der Waals surface area contributed by atoms with E-state index in [-0.39, 0.29) is 0 Å². The van der Waals surface area contributed by atoms with Crippen molar-refractivity contribution in [3.8, 4) is 0 Å². The number of nitrogens with two attached hydrogens (primary N) is 1. The molecule has 1 aromatic carbocycles. The molecule has 0 bridgehead atoms. The zero-order chi connectivity index (χ0) is 11.4. The standard InChI is InChI=1S/C12H19NOS/c1-9(2)6-7-15(14)12-5-4-11(13)8-10(12)3/h4-5,8-9H,6-7,13H2,1-3H3. The highest BCUT2D eigenvalue weighted by atomic mass is 32.2. The highest BCUT2D eigenvalue weighted by molar-refractivity contribution is 7.85. The van der Waals surface area contributed by atoms with Crippen molar-refractivity contribution < 1.29 is 4.21 Å². The van der Waals surface area contributed by atoms with Crippen LogP contribution < -0.4 is 5.73 Å². The van der Waals surface area contributed by atoms with Gasteiger partial charge in [0.05, 0.1) is 10.8 Å². The largest absolute Gasteiger partial charge is 0.399 e. The third-order valence-electron chi connectivity index (χ3n) is 2.32. The topological polar surface area (TPSA) is 43.1 Å². The molecule has 0 aliphatic carbocycles. The highest BCUT2D eigenvalue weighted by Crippen LogP contribution is 2.17. The fourth-order valence-electron chi connectivity index (χ4n) is 1.38. The maximum atomic E-state index is 12.0. The number of benzene rings is 1. The van der Waals surface area contributed by atoms with E-state index in [1.807, 2.05) is 25.1 Å². The molecule has 1 rings (SSSR count). The van der Waals surface area contributed by atoms with Crippen LogP contribution in [0.5, 0.6) is 0 Å². The Labute approximate surface area is 94.3 Å². The van der Waals surface area contributed by atoms with Gasteiger partial charge in [-0.1, -0.05) is 13.8 Å². The van der Waals surface area contributed by atoms with Crippen LogP contribution in [0.15, 0.2) is 23.1 Å². The Morgan fingerprint density at radius 2 is 2.07 bits per heavy atom. The van der Waals surface area contributed by atoms with Crippen molar-refractivity contribution in [3.63, 3.8) is 0 Å².